The zero-order chi connectivity index (χ0) is 13.7. The summed E-state index contributed by atoms with van der Waals surface area (Å²) < 4.78 is 0.772. The van der Waals surface area contributed by atoms with E-state index in [1.54, 1.807) is 0 Å². The molecular weight excluding hydrogens is 302 g/mol. The van der Waals surface area contributed by atoms with Crippen molar-refractivity contribution in [3.05, 3.63) is 28.2 Å². The number of phenols is 1. The number of hydrogen-bond donors (Lipinski definition) is 2. The lowest BCUT2D eigenvalue weighted by molar-refractivity contribution is 0.334. The monoisotopic (exact) mass is 325 g/mol. The third kappa shape index (κ3) is 4.22. The Morgan fingerprint density at radius 2 is 1.95 bits per heavy atom. The van der Waals surface area contributed by atoms with Crippen LogP contribution in [0.25, 0.3) is 0 Å². The van der Waals surface area contributed by atoms with Crippen LogP contribution in [0.3, 0.4) is 0 Å². The molecule has 2 nitrogen and oxygen atoms in total. The number of benzene rings is 1. The lowest BCUT2D eigenvalue weighted by atomic mass is 9.93. The molecule has 3 heteroatoms. The van der Waals surface area contributed by atoms with Crippen LogP contribution in [0.5, 0.6) is 5.75 Å². The molecule has 1 aromatic rings. The van der Waals surface area contributed by atoms with Crippen LogP contribution < -0.4 is 5.32 Å². The number of para-hydroxylation sites is 1. The Hall–Kier alpha value is -0.540. The van der Waals surface area contributed by atoms with Gasteiger partial charge in [-0.25, -0.2) is 0 Å². The van der Waals surface area contributed by atoms with Crippen LogP contribution in [0.1, 0.15) is 51.0 Å². The molecule has 19 heavy (non-hydrogen) atoms. The summed E-state index contributed by atoms with van der Waals surface area (Å²) in [5.74, 6) is 1.15. The van der Waals surface area contributed by atoms with Gasteiger partial charge in [-0.2, -0.15) is 0 Å². The minimum atomic E-state index is 0.364. The molecule has 1 aliphatic carbocycles. The van der Waals surface area contributed by atoms with Crippen molar-refractivity contribution in [2.75, 3.05) is 0 Å². The number of aromatic hydroxyl groups is 1. The van der Waals surface area contributed by atoms with Crippen molar-refractivity contribution in [3.63, 3.8) is 0 Å². The average Bonchev–Trinajstić information content (AvgIpc) is 2.69. The van der Waals surface area contributed by atoms with Crippen LogP contribution in [0, 0.1) is 5.92 Å². The molecule has 1 aliphatic rings. The molecule has 0 radical (unpaired) electrons. The minimum absolute atomic E-state index is 0.364. The first-order valence-electron chi connectivity index (χ1n) is 7.38. The zero-order valence-corrected chi connectivity index (χ0v) is 13.2. The molecule has 1 aromatic carbocycles. The molecule has 1 fully saturated rings. The van der Waals surface area contributed by atoms with E-state index in [0.29, 0.717) is 11.8 Å². The van der Waals surface area contributed by atoms with E-state index in [4.69, 9.17) is 0 Å². The van der Waals surface area contributed by atoms with Gasteiger partial charge in [-0.1, -0.05) is 37.8 Å². The summed E-state index contributed by atoms with van der Waals surface area (Å²) >= 11 is 3.36. The minimum Gasteiger partial charge on any atom is -0.506 e. The lowest BCUT2D eigenvalue weighted by Gasteiger charge is -2.24. The molecule has 2 rings (SSSR count). The summed E-state index contributed by atoms with van der Waals surface area (Å²) in [6, 6.07) is 6.34. The summed E-state index contributed by atoms with van der Waals surface area (Å²) in [7, 11) is 0. The predicted molar refractivity (Wildman–Crippen MR) is 83.3 cm³/mol. The fraction of sp³-hybridized carbons (Fsp3) is 0.625. The van der Waals surface area contributed by atoms with Gasteiger partial charge in [0.25, 0.3) is 0 Å². The Morgan fingerprint density at radius 3 is 2.63 bits per heavy atom. The van der Waals surface area contributed by atoms with Gasteiger partial charge in [-0.3, -0.25) is 0 Å². The Morgan fingerprint density at radius 1 is 1.26 bits per heavy atom. The van der Waals surface area contributed by atoms with E-state index in [1.165, 1.54) is 38.5 Å². The molecule has 1 saturated carbocycles. The van der Waals surface area contributed by atoms with Crippen LogP contribution in [0.4, 0.5) is 0 Å². The first-order chi connectivity index (χ1) is 9.18. The summed E-state index contributed by atoms with van der Waals surface area (Å²) in [5.41, 5.74) is 0.967. The maximum atomic E-state index is 9.98. The fourth-order valence-corrected chi connectivity index (χ4v) is 3.36. The maximum Gasteiger partial charge on any atom is 0.134 e. The van der Waals surface area contributed by atoms with Gasteiger partial charge in [0.15, 0.2) is 0 Å². The largest absolute Gasteiger partial charge is 0.506 e. The van der Waals surface area contributed by atoms with Crippen molar-refractivity contribution in [1.82, 2.24) is 5.32 Å². The van der Waals surface area contributed by atoms with Crippen molar-refractivity contribution in [3.8, 4) is 5.75 Å². The first-order valence-corrected chi connectivity index (χ1v) is 8.17. The van der Waals surface area contributed by atoms with Gasteiger partial charge in [-0.05, 0) is 47.7 Å². The maximum absolute atomic E-state index is 9.98. The van der Waals surface area contributed by atoms with E-state index in [0.717, 1.165) is 22.5 Å². The number of rotatable bonds is 4. The van der Waals surface area contributed by atoms with Gasteiger partial charge >= 0.3 is 0 Å². The Labute approximate surface area is 124 Å². The second-order valence-electron chi connectivity index (χ2n) is 5.67. The lowest BCUT2D eigenvalue weighted by Crippen LogP contribution is -2.32. The number of hydrogen-bond acceptors (Lipinski definition) is 2. The van der Waals surface area contributed by atoms with Crippen molar-refractivity contribution in [2.45, 2.75) is 58.0 Å². The van der Waals surface area contributed by atoms with Crippen LogP contribution in [0.15, 0.2) is 22.7 Å². The zero-order valence-electron chi connectivity index (χ0n) is 11.7. The summed E-state index contributed by atoms with van der Waals surface area (Å²) in [5, 5.41) is 13.6. The van der Waals surface area contributed by atoms with E-state index in [2.05, 4.69) is 28.2 Å². The second-order valence-corrected chi connectivity index (χ2v) is 6.52. The quantitative estimate of drug-likeness (QED) is 0.793. The fourth-order valence-electron chi connectivity index (χ4n) is 2.95. The highest BCUT2D eigenvalue weighted by atomic mass is 79.9. The summed E-state index contributed by atoms with van der Waals surface area (Å²) in [4.78, 5) is 0. The third-order valence-electron chi connectivity index (χ3n) is 4.29. The van der Waals surface area contributed by atoms with Gasteiger partial charge in [0.2, 0.25) is 0 Å². The molecule has 0 saturated heterocycles. The highest BCUT2D eigenvalue weighted by Gasteiger charge is 2.18. The van der Waals surface area contributed by atoms with Crippen molar-refractivity contribution < 1.29 is 5.11 Å². The van der Waals surface area contributed by atoms with Gasteiger partial charge < -0.3 is 10.4 Å². The molecule has 2 N–H and O–H groups in total. The smallest absolute Gasteiger partial charge is 0.134 e. The Balaban J connectivity index is 1.88. The first kappa shape index (κ1) is 14.9. The topological polar surface area (TPSA) is 32.3 Å². The molecule has 0 unspecified atom stereocenters. The molecule has 1 atom stereocenters. The van der Waals surface area contributed by atoms with E-state index >= 15 is 0 Å². The SMILES string of the molecule is C[C@@H](NCc1cccc(Br)c1O)C1CCCCCC1. The molecule has 0 aromatic heterocycles. The number of phenolic OH excluding ortho intramolecular Hbond substituents is 1. The molecule has 0 aliphatic heterocycles. The second kappa shape index (κ2) is 7.30. The van der Waals surface area contributed by atoms with Crippen LogP contribution in [-0.4, -0.2) is 11.1 Å². The standard InChI is InChI=1S/C16H24BrNO/c1-12(13-7-4-2-3-5-8-13)18-11-14-9-6-10-15(17)16(14)19/h6,9-10,12-13,18-19H,2-5,7-8,11H2,1H3/t12-/m1/s1. The predicted octanol–water partition coefficient (Wildman–Crippen LogP) is 4.60. The molecule has 0 amide bonds. The molecular formula is C16H24BrNO. The molecule has 0 heterocycles. The van der Waals surface area contributed by atoms with E-state index < -0.39 is 0 Å². The van der Waals surface area contributed by atoms with Crippen LogP contribution >= 0.6 is 15.9 Å². The summed E-state index contributed by atoms with van der Waals surface area (Å²) in [6.45, 7) is 3.02. The van der Waals surface area contributed by atoms with Gasteiger partial charge in [0, 0.05) is 18.2 Å². The Bertz CT molecular complexity index is 400. The van der Waals surface area contributed by atoms with Crippen LogP contribution in [-0.2, 0) is 6.54 Å². The number of halogens is 1. The highest BCUT2D eigenvalue weighted by molar-refractivity contribution is 9.10. The molecule has 0 bridgehead atoms. The van der Waals surface area contributed by atoms with E-state index in [1.807, 2.05) is 18.2 Å². The number of nitrogens with one attached hydrogen (secondary N) is 1. The van der Waals surface area contributed by atoms with E-state index in [9.17, 15) is 5.11 Å². The van der Waals surface area contributed by atoms with Gasteiger partial charge in [0.1, 0.15) is 5.75 Å². The highest BCUT2D eigenvalue weighted by Crippen LogP contribution is 2.28. The third-order valence-corrected chi connectivity index (χ3v) is 4.93. The average molecular weight is 326 g/mol. The Kier molecular flexibility index (Phi) is 5.71. The van der Waals surface area contributed by atoms with Crippen molar-refractivity contribution in [2.24, 2.45) is 5.92 Å². The molecule has 0 spiro atoms. The summed E-state index contributed by atoms with van der Waals surface area (Å²) in [6.07, 6.45) is 8.24. The molecule has 106 valence electrons. The van der Waals surface area contributed by atoms with E-state index in [-0.39, 0.29) is 0 Å². The van der Waals surface area contributed by atoms with Crippen molar-refractivity contribution >= 4 is 15.9 Å². The van der Waals surface area contributed by atoms with Crippen molar-refractivity contribution in [1.29, 1.82) is 0 Å². The van der Waals surface area contributed by atoms with Gasteiger partial charge in [0.05, 0.1) is 4.47 Å². The normalized spacial score (nSPS) is 19.1. The van der Waals surface area contributed by atoms with Gasteiger partial charge in [-0.15, -0.1) is 0 Å². The van der Waals surface area contributed by atoms with Crippen LogP contribution in [0.2, 0.25) is 0 Å².